The first-order valence-corrected chi connectivity index (χ1v) is 12.8. The highest BCUT2D eigenvalue weighted by atomic mass is 35.5. The van der Waals surface area contributed by atoms with Gasteiger partial charge in [-0.15, -0.1) is 0 Å². The molecular weight excluding hydrogens is 531 g/mol. The number of amides is 1. The topological polar surface area (TPSA) is 91.4 Å². The van der Waals surface area contributed by atoms with E-state index in [9.17, 15) is 18.0 Å². The second-order valence-corrected chi connectivity index (χ2v) is 9.89. The minimum absolute atomic E-state index is 0.0644. The van der Waals surface area contributed by atoms with E-state index in [1.807, 2.05) is 14.0 Å². The Hall–Kier alpha value is -3.54. The van der Waals surface area contributed by atoms with Gasteiger partial charge in [-0.05, 0) is 74.8 Å². The van der Waals surface area contributed by atoms with Crippen LogP contribution in [-0.4, -0.2) is 40.7 Å². The Morgan fingerprint density at radius 2 is 1.92 bits per heavy atom. The fourth-order valence-electron chi connectivity index (χ4n) is 4.51. The number of alkyl halides is 3. The number of carbonyl (C=O) groups excluding carboxylic acids is 1. The van der Waals surface area contributed by atoms with Crippen LogP contribution in [0.5, 0.6) is 0 Å². The second kappa shape index (κ2) is 11.7. The van der Waals surface area contributed by atoms with Crippen LogP contribution in [-0.2, 0) is 19.8 Å². The van der Waals surface area contributed by atoms with Crippen LogP contribution in [0.25, 0.3) is 5.70 Å². The number of likely N-dealkylation sites (tertiary alicyclic amines) is 1. The van der Waals surface area contributed by atoms with Crippen molar-refractivity contribution in [2.75, 3.05) is 30.5 Å². The van der Waals surface area contributed by atoms with Gasteiger partial charge >= 0.3 is 6.18 Å². The highest BCUT2D eigenvalue weighted by Gasteiger charge is 2.31. The van der Waals surface area contributed by atoms with E-state index in [2.05, 4.69) is 20.6 Å². The smallest absolute Gasteiger partial charge is 0.386 e. The number of aryl methyl sites for hydroxylation is 1. The van der Waals surface area contributed by atoms with Crippen molar-refractivity contribution in [1.29, 1.82) is 0 Å². The molecule has 1 aromatic heterocycles. The van der Waals surface area contributed by atoms with Crippen molar-refractivity contribution in [3.05, 3.63) is 81.8 Å². The van der Waals surface area contributed by atoms with Gasteiger partial charge in [-0.2, -0.15) is 18.3 Å². The Bertz CT molecular complexity index is 1380. The van der Waals surface area contributed by atoms with Crippen LogP contribution >= 0.6 is 11.6 Å². The third-order valence-corrected chi connectivity index (χ3v) is 7.05. The van der Waals surface area contributed by atoms with Gasteiger partial charge in [-0.25, -0.2) is 5.84 Å². The highest BCUT2D eigenvalue weighted by Crippen LogP contribution is 2.33. The molecule has 1 fully saturated rings. The number of aromatic nitrogens is 2. The summed E-state index contributed by atoms with van der Waals surface area (Å²) in [5.41, 5.74) is 2.66. The molecule has 0 aliphatic carbocycles. The Morgan fingerprint density at radius 1 is 1.21 bits per heavy atom. The number of hydrazine groups is 1. The monoisotopic (exact) mass is 561 g/mol. The number of nitrogens with two attached hydrogens (primary N) is 1. The van der Waals surface area contributed by atoms with Crippen molar-refractivity contribution in [1.82, 2.24) is 20.0 Å². The molecule has 39 heavy (non-hydrogen) atoms. The SMILES string of the molecule is CN/C(=C\N(N)c1cc(C(=O)Nc2cc(CN3CCCC3)cc(C(F)(F)F)c2)ccc1Cl)c1cnn(C)c1C. The molecule has 8 nitrogen and oxygen atoms in total. The first-order valence-electron chi connectivity index (χ1n) is 12.4. The van der Waals surface area contributed by atoms with Gasteiger partial charge in [0.05, 0.1) is 28.2 Å². The predicted molar refractivity (Wildman–Crippen MR) is 147 cm³/mol. The summed E-state index contributed by atoms with van der Waals surface area (Å²) < 4.78 is 42.6. The first kappa shape index (κ1) is 28.5. The van der Waals surface area contributed by atoms with Crippen molar-refractivity contribution in [3.63, 3.8) is 0 Å². The number of nitrogens with zero attached hydrogens (tertiary/aromatic N) is 4. The van der Waals surface area contributed by atoms with Crippen LogP contribution < -0.4 is 21.5 Å². The van der Waals surface area contributed by atoms with Crippen LogP contribution in [0.4, 0.5) is 24.5 Å². The molecule has 2 heterocycles. The molecule has 12 heteroatoms. The summed E-state index contributed by atoms with van der Waals surface area (Å²) in [7, 11) is 3.57. The van der Waals surface area contributed by atoms with Crippen LogP contribution in [0.1, 0.15) is 45.6 Å². The van der Waals surface area contributed by atoms with Crippen LogP contribution in [0.15, 0.2) is 48.8 Å². The number of carbonyl (C=O) groups is 1. The quantitative estimate of drug-likeness (QED) is 0.260. The number of rotatable bonds is 8. The largest absolute Gasteiger partial charge is 0.416 e. The zero-order chi connectivity index (χ0) is 28.3. The third-order valence-electron chi connectivity index (χ3n) is 6.73. The molecule has 1 aliphatic rings. The maximum atomic E-state index is 13.6. The lowest BCUT2D eigenvalue weighted by molar-refractivity contribution is -0.137. The van der Waals surface area contributed by atoms with Gasteiger partial charge in [0.2, 0.25) is 0 Å². The van der Waals surface area contributed by atoms with Crippen molar-refractivity contribution in [3.8, 4) is 0 Å². The van der Waals surface area contributed by atoms with E-state index >= 15 is 0 Å². The Kier molecular flexibility index (Phi) is 8.53. The average Bonchev–Trinajstić information content (AvgIpc) is 3.51. The maximum absolute atomic E-state index is 13.6. The number of anilines is 2. The molecule has 4 N–H and O–H groups in total. The van der Waals surface area contributed by atoms with Gasteiger partial charge in [0, 0.05) is 49.3 Å². The molecule has 0 saturated carbocycles. The lowest BCUT2D eigenvalue weighted by Crippen LogP contribution is -2.27. The van der Waals surface area contributed by atoms with Crippen molar-refractivity contribution >= 4 is 34.6 Å². The van der Waals surface area contributed by atoms with E-state index in [0.717, 1.165) is 49.3 Å². The van der Waals surface area contributed by atoms with Gasteiger partial charge in [-0.3, -0.25) is 19.4 Å². The Balaban J connectivity index is 1.59. The maximum Gasteiger partial charge on any atom is 0.416 e. The van der Waals surface area contributed by atoms with Gasteiger partial charge in [0.15, 0.2) is 0 Å². The zero-order valence-electron chi connectivity index (χ0n) is 21.9. The summed E-state index contributed by atoms with van der Waals surface area (Å²) in [6, 6.07) is 8.14. The predicted octanol–water partition coefficient (Wildman–Crippen LogP) is 5.15. The fourth-order valence-corrected chi connectivity index (χ4v) is 4.73. The van der Waals surface area contributed by atoms with Crippen molar-refractivity contribution < 1.29 is 18.0 Å². The van der Waals surface area contributed by atoms with Gasteiger partial charge < -0.3 is 10.6 Å². The van der Waals surface area contributed by atoms with Gasteiger partial charge in [0.25, 0.3) is 5.91 Å². The van der Waals surface area contributed by atoms with Gasteiger partial charge in [-0.1, -0.05) is 11.6 Å². The molecule has 0 unspecified atom stereocenters. The van der Waals surface area contributed by atoms with Crippen molar-refractivity contribution in [2.45, 2.75) is 32.5 Å². The summed E-state index contributed by atoms with van der Waals surface area (Å²) >= 11 is 6.39. The molecule has 0 spiro atoms. The van der Waals surface area contributed by atoms with Crippen LogP contribution in [0.2, 0.25) is 5.02 Å². The van der Waals surface area contributed by atoms with E-state index in [1.54, 1.807) is 30.2 Å². The van der Waals surface area contributed by atoms with Crippen LogP contribution in [0, 0.1) is 6.92 Å². The molecule has 0 bridgehead atoms. The summed E-state index contributed by atoms with van der Waals surface area (Å²) in [5.74, 6) is 5.71. The molecule has 3 aromatic rings. The Labute approximate surface area is 230 Å². The molecule has 1 saturated heterocycles. The summed E-state index contributed by atoms with van der Waals surface area (Å²) in [5, 5.41) is 11.5. The lowest BCUT2D eigenvalue weighted by atomic mass is 10.1. The minimum Gasteiger partial charge on any atom is -0.386 e. The average molecular weight is 562 g/mol. The second-order valence-electron chi connectivity index (χ2n) is 9.49. The molecule has 4 rings (SSSR count). The van der Waals surface area contributed by atoms with E-state index in [-0.39, 0.29) is 16.3 Å². The third kappa shape index (κ3) is 6.73. The molecule has 2 aromatic carbocycles. The molecule has 0 atom stereocenters. The van der Waals surface area contributed by atoms with Crippen molar-refractivity contribution in [2.24, 2.45) is 12.9 Å². The summed E-state index contributed by atoms with van der Waals surface area (Å²) in [4.78, 5) is 15.2. The summed E-state index contributed by atoms with van der Waals surface area (Å²) in [6.07, 6.45) is 0.811. The molecule has 1 aliphatic heterocycles. The molecule has 0 radical (unpaired) electrons. The zero-order valence-corrected chi connectivity index (χ0v) is 22.7. The molecule has 1 amide bonds. The standard InChI is InChI=1S/C27H31ClF3N7O/c1-17-22(14-34-36(17)3)24(33-2)16-38(32)25-12-19(6-7-23(25)28)26(39)35-21-11-18(15-37-8-4-5-9-37)10-20(13-21)27(29,30)31/h6-7,10-14,16,33H,4-5,8-9,15,32H2,1-3H3,(H,35,39)/b24-16-. The minimum atomic E-state index is -4.54. The van der Waals surface area contributed by atoms with E-state index in [1.165, 1.54) is 23.2 Å². The number of benzene rings is 2. The van der Waals surface area contributed by atoms with Gasteiger partial charge in [0.1, 0.15) is 0 Å². The lowest BCUT2D eigenvalue weighted by Gasteiger charge is -2.19. The number of halogens is 4. The number of nitrogens with one attached hydrogen (secondary N) is 2. The van der Waals surface area contributed by atoms with Crippen LogP contribution in [0.3, 0.4) is 0 Å². The number of hydrogen-bond donors (Lipinski definition) is 3. The van der Waals surface area contributed by atoms with E-state index in [4.69, 9.17) is 17.4 Å². The number of hydrogen-bond acceptors (Lipinski definition) is 6. The molecule has 208 valence electrons. The first-order chi connectivity index (χ1) is 18.5. The normalized spacial score (nSPS) is 14.5. The summed E-state index contributed by atoms with van der Waals surface area (Å²) in [6.45, 7) is 3.98. The highest BCUT2D eigenvalue weighted by molar-refractivity contribution is 6.33. The Morgan fingerprint density at radius 3 is 2.54 bits per heavy atom. The van der Waals surface area contributed by atoms with E-state index in [0.29, 0.717) is 23.5 Å². The fraction of sp³-hybridized carbons (Fsp3) is 0.333. The molecular formula is C27H31ClF3N7O. The van der Waals surface area contributed by atoms with E-state index < -0.39 is 17.6 Å².